The topological polar surface area (TPSA) is 110 Å². The Hall–Kier alpha value is -5.17. The minimum absolute atomic E-state index is 0.248. The summed E-state index contributed by atoms with van der Waals surface area (Å²) in [5.41, 5.74) is 8.99. The van der Waals surface area contributed by atoms with Crippen LogP contribution in [0, 0.1) is 0 Å². The number of ether oxygens (including phenoxy) is 4. The average molecular weight is 689 g/mol. The van der Waals surface area contributed by atoms with Gasteiger partial charge < -0.3 is 34.6 Å². The Balaban J connectivity index is 1.50. The summed E-state index contributed by atoms with van der Waals surface area (Å²) >= 11 is 0. The summed E-state index contributed by atoms with van der Waals surface area (Å²) in [6.45, 7) is 2.66. The van der Waals surface area contributed by atoms with Gasteiger partial charge in [-0.1, -0.05) is 24.3 Å². The summed E-state index contributed by atoms with van der Waals surface area (Å²) in [5, 5.41) is 2.84. The number of nitrogens with two attached hydrogens (primary N) is 1. The van der Waals surface area contributed by atoms with Crippen molar-refractivity contribution in [2.75, 3.05) is 53.7 Å². The molecule has 0 aliphatic heterocycles. The highest BCUT2D eigenvalue weighted by Crippen LogP contribution is 2.39. The molecule has 0 bridgehead atoms. The van der Waals surface area contributed by atoms with Gasteiger partial charge in [0.05, 0.1) is 57.6 Å². The zero-order valence-corrected chi connectivity index (χ0v) is 27.8. The van der Waals surface area contributed by atoms with E-state index in [-0.39, 0.29) is 12.5 Å². The summed E-state index contributed by atoms with van der Waals surface area (Å²) in [7, 11) is 3.15. The van der Waals surface area contributed by atoms with Crippen LogP contribution in [0.5, 0.6) is 11.5 Å². The second-order valence-electron chi connectivity index (χ2n) is 11.2. The van der Waals surface area contributed by atoms with E-state index >= 15 is 0 Å². The molecule has 1 aromatic heterocycles. The second-order valence-corrected chi connectivity index (χ2v) is 11.2. The number of carbonyl (C=O) groups excluding carboxylic acids is 1. The van der Waals surface area contributed by atoms with Crippen LogP contribution >= 0.6 is 0 Å². The van der Waals surface area contributed by atoms with Gasteiger partial charge in [-0.15, -0.1) is 0 Å². The van der Waals surface area contributed by atoms with Crippen molar-refractivity contribution in [1.29, 1.82) is 0 Å². The van der Waals surface area contributed by atoms with Crippen molar-refractivity contribution in [3.63, 3.8) is 0 Å². The maximum Gasteiger partial charge on any atom is 0.416 e. The Bertz CT molecular complexity index is 1840. The molecule has 0 saturated heterocycles. The molecule has 1 heterocycles. The zero-order chi connectivity index (χ0) is 35.5. The molecule has 1 amide bonds. The van der Waals surface area contributed by atoms with Crippen LogP contribution in [0.1, 0.15) is 21.5 Å². The van der Waals surface area contributed by atoms with Gasteiger partial charge in [0.1, 0.15) is 17.3 Å². The third-order valence-corrected chi connectivity index (χ3v) is 7.87. The van der Waals surface area contributed by atoms with Crippen molar-refractivity contribution in [3.8, 4) is 45.4 Å². The zero-order valence-electron chi connectivity index (χ0n) is 27.8. The first kappa shape index (κ1) is 36.1. The molecule has 0 aliphatic carbocycles. The first-order valence-electron chi connectivity index (χ1n) is 16.0. The number of rotatable bonds is 16. The van der Waals surface area contributed by atoms with Gasteiger partial charge in [0.15, 0.2) is 0 Å². The lowest BCUT2D eigenvalue weighted by Crippen LogP contribution is -2.27. The van der Waals surface area contributed by atoms with Crippen LogP contribution in [0.4, 0.5) is 13.2 Å². The van der Waals surface area contributed by atoms with Gasteiger partial charge in [-0.05, 0) is 78.4 Å². The number of aromatic nitrogens is 2. The Morgan fingerprint density at radius 1 is 0.780 bits per heavy atom. The van der Waals surface area contributed by atoms with Crippen molar-refractivity contribution in [1.82, 2.24) is 14.9 Å². The number of halogens is 3. The summed E-state index contributed by atoms with van der Waals surface area (Å²) in [4.78, 5) is 17.8. The molecule has 3 N–H and O–H groups in total. The molecule has 0 atom stereocenters. The summed E-state index contributed by atoms with van der Waals surface area (Å²) in [5.74, 6) is 1.40. The molecule has 0 unspecified atom stereocenters. The molecule has 12 heteroatoms. The number of amides is 1. The van der Waals surface area contributed by atoms with E-state index < -0.39 is 11.7 Å². The lowest BCUT2D eigenvalue weighted by molar-refractivity contribution is -0.137. The van der Waals surface area contributed by atoms with Gasteiger partial charge >= 0.3 is 6.18 Å². The molecule has 50 heavy (non-hydrogen) atoms. The molecule has 262 valence electrons. The molecule has 9 nitrogen and oxygen atoms in total. The maximum absolute atomic E-state index is 13.9. The van der Waals surface area contributed by atoms with Crippen LogP contribution < -0.4 is 20.5 Å². The summed E-state index contributed by atoms with van der Waals surface area (Å²) in [6, 6.07) is 27.0. The van der Waals surface area contributed by atoms with Crippen molar-refractivity contribution in [3.05, 3.63) is 114 Å². The van der Waals surface area contributed by atoms with Crippen LogP contribution in [0.2, 0.25) is 0 Å². The molecule has 4 aromatic carbocycles. The minimum atomic E-state index is -4.54. The Morgan fingerprint density at radius 2 is 1.40 bits per heavy atom. The average Bonchev–Trinajstić information content (AvgIpc) is 3.51. The van der Waals surface area contributed by atoms with E-state index in [9.17, 15) is 18.0 Å². The molecule has 0 radical (unpaired) electrons. The molecule has 0 saturated carbocycles. The van der Waals surface area contributed by atoms with Crippen LogP contribution in [0.15, 0.2) is 97.1 Å². The van der Waals surface area contributed by atoms with Crippen molar-refractivity contribution < 1.29 is 36.9 Å². The fraction of sp³-hybridized carbons (Fsp3) is 0.263. The molecular formula is C38H39F3N4O5. The normalized spacial score (nSPS) is 11.4. The van der Waals surface area contributed by atoms with E-state index in [1.54, 1.807) is 32.4 Å². The molecule has 0 aliphatic rings. The number of nitrogens with zero attached hydrogens (tertiary/aromatic N) is 2. The van der Waals surface area contributed by atoms with E-state index in [0.717, 1.165) is 28.8 Å². The van der Waals surface area contributed by atoms with E-state index in [2.05, 4.69) is 5.32 Å². The van der Waals surface area contributed by atoms with Crippen LogP contribution in [0.25, 0.3) is 33.9 Å². The highest BCUT2D eigenvalue weighted by Gasteiger charge is 2.31. The number of methoxy groups -OCH3 is 2. The SMILES string of the molecule is COc1ccc(-c2nc(-c3cccc(C(F)(F)F)c3)n(Cc3ccc(C(=O)NCCOCCOCCN)cc3)c2-c2ccc(OC)cc2)cc1. The third-order valence-electron chi connectivity index (χ3n) is 7.87. The second kappa shape index (κ2) is 17.0. The number of hydrogen-bond donors (Lipinski definition) is 2. The van der Waals surface area contributed by atoms with Crippen LogP contribution in [0.3, 0.4) is 0 Å². The molecule has 0 fully saturated rings. The van der Waals surface area contributed by atoms with Crippen LogP contribution in [-0.4, -0.2) is 69.2 Å². The van der Waals surface area contributed by atoms with Gasteiger partial charge in [0, 0.05) is 41.9 Å². The number of hydrogen-bond acceptors (Lipinski definition) is 7. The minimum Gasteiger partial charge on any atom is -0.497 e. The Morgan fingerprint density at radius 3 is 2.00 bits per heavy atom. The fourth-order valence-electron chi connectivity index (χ4n) is 5.34. The van der Waals surface area contributed by atoms with Crippen molar-refractivity contribution in [2.24, 2.45) is 5.73 Å². The first-order valence-corrected chi connectivity index (χ1v) is 16.0. The molecule has 5 rings (SSSR count). The Kier molecular flexibility index (Phi) is 12.3. The van der Waals surface area contributed by atoms with E-state index in [1.807, 2.05) is 65.2 Å². The summed E-state index contributed by atoms with van der Waals surface area (Å²) in [6.07, 6.45) is -4.54. The summed E-state index contributed by atoms with van der Waals surface area (Å²) < 4.78 is 65.0. The molecule has 0 spiro atoms. The highest BCUT2D eigenvalue weighted by atomic mass is 19.4. The maximum atomic E-state index is 13.9. The highest BCUT2D eigenvalue weighted by molar-refractivity contribution is 5.94. The predicted molar refractivity (Wildman–Crippen MR) is 185 cm³/mol. The largest absolute Gasteiger partial charge is 0.497 e. The standard InChI is InChI=1S/C38H39F3N4O5/c1-47-32-14-10-27(11-15-32)34-35(28-12-16-33(48-2)17-13-28)45(36(44-34)30-4-3-5-31(24-30)38(39,40)41)25-26-6-8-29(9-7-26)37(46)43-19-21-50-23-22-49-20-18-42/h3-17,24H,18-23,25,42H2,1-2H3,(H,43,46). The van der Waals surface area contributed by atoms with Gasteiger partial charge in [0.25, 0.3) is 5.91 Å². The monoisotopic (exact) mass is 688 g/mol. The third kappa shape index (κ3) is 9.08. The lowest BCUT2D eigenvalue weighted by Gasteiger charge is -2.15. The number of imidazole rings is 1. The number of benzene rings is 4. The smallest absolute Gasteiger partial charge is 0.416 e. The quantitative estimate of drug-likeness (QED) is 0.111. The number of nitrogens with one attached hydrogen (secondary N) is 1. The van der Waals surface area contributed by atoms with Crippen LogP contribution in [-0.2, 0) is 22.2 Å². The predicted octanol–water partition coefficient (Wildman–Crippen LogP) is 6.69. The van der Waals surface area contributed by atoms with Gasteiger partial charge in [0.2, 0.25) is 0 Å². The Labute approximate surface area is 288 Å². The number of carbonyl (C=O) groups is 1. The van der Waals surface area contributed by atoms with Gasteiger partial charge in [-0.25, -0.2) is 4.98 Å². The molecule has 5 aromatic rings. The van der Waals surface area contributed by atoms with Gasteiger partial charge in [-0.2, -0.15) is 13.2 Å². The van der Waals surface area contributed by atoms with E-state index in [0.29, 0.717) is 79.4 Å². The fourth-order valence-corrected chi connectivity index (χ4v) is 5.34. The molecular weight excluding hydrogens is 649 g/mol. The number of alkyl halides is 3. The van der Waals surface area contributed by atoms with Crippen molar-refractivity contribution in [2.45, 2.75) is 12.7 Å². The van der Waals surface area contributed by atoms with E-state index in [4.69, 9.17) is 29.7 Å². The lowest BCUT2D eigenvalue weighted by atomic mass is 10.0. The first-order chi connectivity index (χ1) is 24.2. The van der Waals surface area contributed by atoms with Crippen molar-refractivity contribution >= 4 is 5.91 Å². The van der Waals surface area contributed by atoms with Gasteiger partial charge in [-0.3, -0.25) is 4.79 Å². The van der Waals surface area contributed by atoms with E-state index in [1.165, 1.54) is 6.07 Å².